The van der Waals surface area contributed by atoms with Crippen LogP contribution in [-0.2, 0) is 33.1 Å². The summed E-state index contributed by atoms with van der Waals surface area (Å²) < 4.78 is 81.0. The number of benzene rings is 4. The van der Waals surface area contributed by atoms with Crippen molar-refractivity contribution in [1.82, 2.24) is 0 Å². The summed E-state index contributed by atoms with van der Waals surface area (Å²) in [5, 5.41) is 21.1. The van der Waals surface area contributed by atoms with Gasteiger partial charge in [0, 0.05) is 6.07 Å². The first-order valence-electron chi connectivity index (χ1n) is 22.9. The van der Waals surface area contributed by atoms with E-state index in [1.807, 2.05) is 0 Å². The Hall–Kier alpha value is -2.84. The molecule has 4 rings (SSSR count). The smallest absolute Gasteiger partial charge is 0.872 e. The summed E-state index contributed by atoms with van der Waals surface area (Å²) in [5.74, 6) is 0.319. The molecule has 0 aliphatic carbocycles. The Kier molecular flexibility index (Phi) is 28.5. The third-order valence-electron chi connectivity index (χ3n) is 10.8. The first-order chi connectivity index (χ1) is 29.8. The number of hydrogen-bond donors (Lipinski definition) is 2. The van der Waals surface area contributed by atoms with Gasteiger partial charge in [0.2, 0.25) is 0 Å². The van der Waals surface area contributed by atoms with Gasteiger partial charge in [-0.15, -0.1) is 5.75 Å². The molecule has 4 aromatic rings. The van der Waals surface area contributed by atoms with Gasteiger partial charge in [0.1, 0.15) is 48.7 Å². The molecule has 0 radical (unpaired) electrons. The van der Waals surface area contributed by atoms with Crippen molar-refractivity contribution in [2.45, 2.75) is 178 Å². The van der Waals surface area contributed by atoms with Crippen molar-refractivity contribution in [1.29, 1.82) is 0 Å². The van der Waals surface area contributed by atoms with Gasteiger partial charge in [-0.05, 0) is 73.2 Å². The zero-order valence-electron chi connectivity index (χ0n) is 37.7. The molecule has 0 aliphatic rings. The predicted octanol–water partition coefficient (Wildman–Crippen LogP) is 13.2. The second kappa shape index (κ2) is 31.9. The van der Waals surface area contributed by atoms with Crippen LogP contribution in [0.5, 0.6) is 34.5 Å². The summed E-state index contributed by atoms with van der Waals surface area (Å²) >= 11 is 0. The van der Waals surface area contributed by atoms with E-state index in [2.05, 4.69) is 13.8 Å². The van der Waals surface area contributed by atoms with E-state index in [-0.39, 0.29) is 76.3 Å². The van der Waals surface area contributed by atoms with Gasteiger partial charge in [-0.3, -0.25) is 4.55 Å². The van der Waals surface area contributed by atoms with E-state index in [1.165, 1.54) is 145 Å². The topological polar surface area (TPSA) is 173 Å². The Labute approximate surface area is 408 Å². The van der Waals surface area contributed by atoms with Crippen LogP contribution in [0.1, 0.15) is 166 Å². The summed E-state index contributed by atoms with van der Waals surface area (Å²) in [6, 6.07) is 21.6. The number of rotatable bonds is 30. The maximum atomic E-state index is 12.1. The molecule has 0 heterocycles. The zero-order chi connectivity index (χ0) is 45.1. The molecule has 0 amide bonds. The van der Waals surface area contributed by atoms with Crippen LogP contribution in [-0.4, -0.2) is 68.8 Å². The summed E-state index contributed by atoms with van der Waals surface area (Å²) in [7, 11) is -9.16. The van der Waals surface area contributed by atoms with Crippen molar-refractivity contribution in [2.24, 2.45) is 0 Å². The summed E-state index contributed by atoms with van der Waals surface area (Å²) in [5.41, 5.74) is 1.03. The van der Waals surface area contributed by atoms with Crippen LogP contribution in [0.15, 0.2) is 94.7 Å². The second-order valence-electron chi connectivity index (χ2n) is 16.2. The fraction of sp³-hybridized carbons (Fsp3) is 0.520. The van der Waals surface area contributed by atoms with Crippen LogP contribution in [0.4, 0.5) is 0 Å². The van der Waals surface area contributed by atoms with Crippen molar-refractivity contribution in [2.75, 3.05) is 0 Å². The number of hydrogen-bond acceptors (Lipinski definition) is 9. The van der Waals surface area contributed by atoms with Crippen molar-refractivity contribution in [3.05, 3.63) is 96.1 Å². The van der Waals surface area contributed by atoms with Gasteiger partial charge >= 0.3 is 37.7 Å². The number of aromatic hydroxyl groups is 1. The first-order valence-corrected chi connectivity index (χ1v) is 25.8. The van der Waals surface area contributed by atoms with E-state index < -0.39 is 20.2 Å². The monoisotopic (exact) mass is 934 g/mol. The van der Waals surface area contributed by atoms with Gasteiger partial charge in [-0.25, -0.2) is 8.42 Å². The first kappa shape index (κ1) is 56.3. The SMILES string of the molecule is CCCCCCCCCCCCCc1cccc(Oc2cccc(O)c2)c1S(=O)(=O)O.CCCCCCCCCCCCCc1cccc(Oc2cccc([O-])c2)c1S(=O)(=O)[O-].[Ca+2]. The molecule has 0 saturated heterocycles. The van der Waals surface area contributed by atoms with Crippen LogP contribution in [0.25, 0.3) is 0 Å². The maximum Gasteiger partial charge on any atom is 2.00 e. The van der Waals surface area contributed by atoms with Crippen molar-refractivity contribution in [3.8, 4) is 34.5 Å². The zero-order valence-corrected chi connectivity index (χ0v) is 41.6. The van der Waals surface area contributed by atoms with Gasteiger partial charge in [-0.1, -0.05) is 185 Å². The van der Waals surface area contributed by atoms with Gasteiger partial charge in [0.05, 0.1) is 0 Å². The Morgan fingerprint density at radius 2 is 0.857 bits per heavy atom. The number of aryl methyl sites for hydroxylation is 2. The molecule has 0 spiro atoms. The molecule has 0 atom stereocenters. The van der Waals surface area contributed by atoms with E-state index in [1.54, 1.807) is 42.5 Å². The van der Waals surface area contributed by atoms with Gasteiger partial charge < -0.3 is 24.2 Å². The number of unbranched alkanes of at least 4 members (excludes halogenated alkanes) is 20. The molecule has 0 saturated carbocycles. The van der Waals surface area contributed by atoms with Crippen LogP contribution in [0.3, 0.4) is 0 Å². The molecule has 2 N–H and O–H groups in total. The van der Waals surface area contributed by atoms with E-state index in [0.717, 1.165) is 38.5 Å². The molecule has 0 bridgehead atoms. The van der Waals surface area contributed by atoms with E-state index in [4.69, 9.17) is 9.47 Å². The molecular formula is C50H70CaO10S2. The Balaban J connectivity index is 0.000000427. The van der Waals surface area contributed by atoms with E-state index in [0.29, 0.717) is 29.7 Å². The van der Waals surface area contributed by atoms with Crippen molar-refractivity contribution >= 4 is 58.0 Å². The van der Waals surface area contributed by atoms with Crippen LogP contribution in [0.2, 0.25) is 0 Å². The molecule has 0 aliphatic heterocycles. The van der Waals surface area contributed by atoms with E-state index >= 15 is 0 Å². The van der Waals surface area contributed by atoms with Crippen molar-refractivity contribution < 1.29 is 45.6 Å². The van der Waals surface area contributed by atoms with Crippen LogP contribution in [0, 0.1) is 0 Å². The average molecular weight is 935 g/mol. The molecule has 4 aromatic carbocycles. The van der Waals surface area contributed by atoms with Gasteiger partial charge in [0.15, 0.2) is 0 Å². The van der Waals surface area contributed by atoms with Crippen LogP contribution < -0.4 is 14.6 Å². The maximum absolute atomic E-state index is 12.1. The fourth-order valence-electron chi connectivity index (χ4n) is 7.55. The molecule has 0 unspecified atom stereocenters. The molecule has 0 fully saturated rings. The summed E-state index contributed by atoms with van der Waals surface area (Å²) in [4.78, 5) is -0.510. The minimum absolute atomic E-state index is 0. The van der Waals surface area contributed by atoms with Crippen molar-refractivity contribution in [3.63, 3.8) is 0 Å². The average Bonchev–Trinajstić information content (AvgIpc) is 3.21. The molecule has 10 nitrogen and oxygen atoms in total. The molecule has 63 heavy (non-hydrogen) atoms. The number of phenols is 1. The minimum Gasteiger partial charge on any atom is -0.872 e. The molecule has 0 aromatic heterocycles. The Morgan fingerprint density at radius 3 is 1.25 bits per heavy atom. The predicted molar refractivity (Wildman–Crippen MR) is 251 cm³/mol. The summed E-state index contributed by atoms with van der Waals surface area (Å²) in [6.45, 7) is 4.46. The third-order valence-corrected chi connectivity index (χ3v) is 12.7. The molecule has 13 heteroatoms. The van der Waals surface area contributed by atoms with Crippen LogP contribution >= 0.6 is 0 Å². The quantitative estimate of drug-likeness (QED) is 0.0291. The molecule has 344 valence electrons. The number of ether oxygens (including phenoxy) is 2. The Bertz CT molecular complexity index is 1940. The second-order valence-corrected chi connectivity index (χ2v) is 18.8. The standard InChI is InChI=1S/2C25H36O5S.Ca/c2*1-2-3-4-5-6-7-8-9-10-11-12-15-21-16-13-19-24(25(21)31(27,28)29)30-23-18-14-17-22(26)20-23;/h2*13-14,16-20,26H,2-12,15H2,1H3,(H,27,28,29);/q;;+2/p-2. The number of phenolic OH excluding ortho intramolecular Hbond substituents is 1. The van der Waals surface area contributed by atoms with Gasteiger partial charge in [0.25, 0.3) is 10.1 Å². The fourth-order valence-corrected chi connectivity index (χ4v) is 9.26. The third kappa shape index (κ3) is 23.3. The molecular weight excluding hydrogens is 865 g/mol. The Morgan fingerprint density at radius 1 is 0.492 bits per heavy atom. The largest absolute Gasteiger partial charge is 2.00 e. The minimum atomic E-state index is -4.71. The summed E-state index contributed by atoms with van der Waals surface area (Å²) in [6.07, 6.45) is 27.7. The normalized spacial score (nSPS) is 11.4. The van der Waals surface area contributed by atoms with Gasteiger partial charge in [-0.2, -0.15) is 8.42 Å². The van der Waals surface area contributed by atoms with E-state index in [9.17, 15) is 36.2 Å².